The summed E-state index contributed by atoms with van der Waals surface area (Å²) in [5, 5.41) is 0. The van der Waals surface area contributed by atoms with Crippen molar-refractivity contribution in [1.82, 2.24) is 4.90 Å². The van der Waals surface area contributed by atoms with Crippen LogP contribution in [-0.2, 0) is 11.3 Å². The largest absolute Gasteiger partial charge is 0.496 e. The zero-order valence-corrected chi connectivity index (χ0v) is 12.9. The van der Waals surface area contributed by atoms with E-state index in [1.165, 1.54) is 0 Å². The maximum absolute atomic E-state index is 5.72. The van der Waals surface area contributed by atoms with Crippen LogP contribution in [0.2, 0.25) is 0 Å². The van der Waals surface area contributed by atoms with E-state index in [4.69, 9.17) is 15.2 Å². The summed E-state index contributed by atoms with van der Waals surface area (Å²) in [5.74, 6) is 6.88. The van der Waals surface area contributed by atoms with Crippen LogP contribution in [0.15, 0.2) is 18.2 Å². The molecule has 4 nitrogen and oxygen atoms in total. The van der Waals surface area contributed by atoms with Gasteiger partial charge in [0.15, 0.2) is 0 Å². The molecule has 4 heteroatoms. The highest BCUT2D eigenvalue weighted by Crippen LogP contribution is 2.22. The highest BCUT2D eigenvalue weighted by Gasteiger charge is 2.20. The molecule has 0 spiro atoms. The van der Waals surface area contributed by atoms with Gasteiger partial charge in [0.05, 0.1) is 26.4 Å². The van der Waals surface area contributed by atoms with Crippen LogP contribution in [0.1, 0.15) is 24.5 Å². The van der Waals surface area contributed by atoms with Crippen LogP contribution >= 0.6 is 0 Å². The number of hydrogen-bond donors (Lipinski definition) is 1. The van der Waals surface area contributed by atoms with Crippen molar-refractivity contribution < 1.29 is 9.47 Å². The summed E-state index contributed by atoms with van der Waals surface area (Å²) >= 11 is 0. The maximum atomic E-state index is 5.72. The van der Waals surface area contributed by atoms with E-state index in [1.54, 1.807) is 7.11 Å². The summed E-state index contributed by atoms with van der Waals surface area (Å²) in [7, 11) is 1.71. The second-order valence-corrected chi connectivity index (χ2v) is 5.17. The van der Waals surface area contributed by atoms with E-state index in [2.05, 4.69) is 29.7 Å². The average molecular weight is 288 g/mol. The van der Waals surface area contributed by atoms with Crippen LogP contribution in [-0.4, -0.2) is 44.4 Å². The number of nitrogens with two attached hydrogens (primary N) is 1. The predicted octanol–water partition coefficient (Wildman–Crippen LogP) is 1.62. The second-order valence-electron chi connectivity index (χ2n) is 5.17. The van der Waals surface area contributed by atoms with Gasteiger partial charge in [0.2, 0.25) is 0 Å². The lowest BCUT2D eigenvalue weighted by molar-refractivity contribution is -0.0326. The Morgan fingerprint density at radius 3 is 3.05 bits per heavy atom. The average Bonchev–Trinajstić information content (AvgIpc) is 2.53. The van der Waals surface area contributed by atoms with E-state index < -0.39 is 0 Å². The molecule has 1 fully saturated rings. The predicted molar refractivity (Wildman–Crippen MR) is 84.2 cm³/mol. The minimum absolute atomic E-state index is 0.338. The Labute approximate surface area is 127 Å². The van der Waals surface area contributed by atoms with Crippen LogP contribution in [0, 0.1) is 11.8 Å². The number of ether oxygens (including phenoxy) is 2. The lowest BCUT2D eigenvalue weighted by Gasteiger charge is -2.32. The Morgan fingerprint density at radius 2 is 2.33 bits per heavy atom. The van der Waals surface area contributed by atoms with Crippen LogP contribution in [0.4, 0.5) is 0 Å². The first-order valence-electron chi connectivity index (χ1n) is 7.46. The number of rotatable bonds is 4. The number of benzene rings is 1. The lowest BCUT2D eigenvalue weighted by Crippen LogP contribution is -2.41. The van der Waals surface area contributed by atoms with Crippen molar-refractivity contribution in [2.24, 2.45) is 5.73 Å². The van der Waals surface area contributed by atoms with Gasteiger partial charge in [0, 0.05) is 30.8 Å². The van der Waals surface area contributed by atoms with Gasteiger partial charge in [-0.25, -0.2) is 0 Å². The first-order chi connectivity index (χ1) is 10.3. The van der Waals surface area contributed by atoms with Crippen LogP contribution < -0.4 is 10.5 Å². The fraction of sp³-hybridized carbons (Fsp3) is 0.529. The molecule has 0 amide bonds. The smallest absolute Gasteiger partial charge is 0.123 e. The third kappa shape index (κ3) is 4.47. The van der Waals surface area contributed by atoms with Gasteiger partial charge >= 0.3 is 0 Å². The summed E-state index contributed by atoms with van der Waals surface area (Å²) in [6.45, 7) is 6.13. The van der Waals surface area contributed by atoms with Crippen LogP contribution in [0.3, 0.4) is 0 Å². The van der Waals surface area contributed by atoms with E-state index in [0.29, 0.717) is 12.6 Å². The van der Waals surface area contributed by atoms with E-state index in [0.717, 1.165) is 49.5 Å². The van der Waals surface area contributed by atoms with Crippen molar-refractivity contribution in [3.05, 3.63) is 29.3 Å². The second kappa shape index (κ2) is 8.04. The number of nitrogens with zero attached hydrogens (tertiary/aromatic N) is 1. The maximum Gasteiger partial charge on any atom is 0.123 e. The topological polar surface area (TPSA) is 47.7 Å². The summed E-state index contributed by atoms with van der Waals surface area (Å²) < 4.78 is 11.2. The van der Waals surface area contributed by atoms with Gasteiger partial charge in [-0.15, -0.1) is 0 Å². The van der Waals surface area contributed by atoms with Gasteiger partial charge in [-0.05, 0) is 24.6 Å². The molecule has 1 aliphatic rings. The van der Waals surface area contributed by atoms with Gasteiger partial charge in [0.25, 0.3) is 0 Å². The normalized spacial score (nSPS) is 18.9. The minimum Gasteiger partial charge on any atom is -0.496 e. The molecule has 21 heavy (non-hydrogen) atoms. The fourth-order valence-electron chi connectivity index (χ4n) is 2.54. The molecule has 1 aromatic carbocycles. The Hall–Kier alpha value is -1.54. The molecule has 1 unspecified atom stereocenters. The van der Waals surface area contributed by atoms with Crippen LogP contribution in [0.25, 0.3) is 0 Å². The zero-order chi connectivity index (χ0) is 15.1. The number of morpholine rings is 1. The number of methoxy groups -OCH3 is 1. The summed E-state index contributed by atoms with van der Waals surface area (Å²) in [4.78, 5) is 2.41. The third-order valence-corrected chi connectivity index (χ3v) is 3.69. The molecule has 1 atom stereocenters. The minimum atomic E-state index is 0.338. The zero-order valence-electron chi connectivity index (χ0n) is 12.9. The Kier molecular flexibility index (Phi) is 6.06. The monoisotopic (exact) mass is 288 g/mol. The molecule has 0 aliphatic carbocycles. The Bertz CT molecular complexity index is 519. The quantitative estimate of drug-likeness (QED) is 0.855. The van der Waals surface area contributed by atoms with Gasteiger partial charge < -0.3 is 15.2 Å². The molecule has 0 saturated carbocycles. The van der Waals surface area contributed by atoms with Crippen molar-refractivity contribution >= 4 is 0 Å². The van der Waals surface area contributed by atoms with Crippen molar-refractivity contribution in [3.63, 3.8) is 0 Å². The Morgan fingerprint density at radius 1 is 1.48 bits per heavy atom. The molecule has 1 saturated heterocycles. The van der Waals surface area contributed by atoms with Crippen LogP contribution in [0.5, 0.6) is 5.75 Å². The molecule has 2 N–H and O–H groups in total. The molecule has 0 bridgehead atoms. The van der Waals surface area contributed by atoms with Gasteiger partial charge in [-0.1, -0.05) is 18.8 Å². The van der Waals surface area contributed by atoms with Crippen molar-refractivity contribution in [2.75, 3.05) is 33.4 Å². The van der Waals surface area contributed by atoms with Crippen molar-refractivity contribution in [3.8, 4) is 17.6 Å². The first-order valence-corrected chi connectivity index (χ1v) is 7.46. The molecule has 1 heterocycles. The summed E-state index contributed by atoms with van der Waals surface area (Å²) in [6.07, 6.45) is 1.39. The van der Waals surface area contributed by atoms with Gasteiger partial charge in [-0.3, -0.25) is 4.90 Å². The molecule has 2 rings (SSSR count). The first kappa shape index (κ1) is 15.8. The SMILES string of the molecule is CCC1CN(Cc2cc(C#CCN)ccc2OC)CCO1. The van der Waals surface area contributed by atoms with E-state index in [9.17, 15) is 0 Å². The summed E-state index contributed by atoms with van der Waals surface area (Å²) in [6, 6.07) is 6.05. The number of hydrogen-bond acceptors (Lipinski definition) is 4. The summed E-state index contributed by atoms with van der Waals surface area (Å²) in [5.41, 5.74) is 7.58. The van der Waals surface area contributed by atoms with E-state index in [1.807, 2.05) is 12.1 Å². The molecule has 114 valence electrons. The fourth-order valence-corrected chi connectivity index (χ4v) is 2.54. The molecule has 1 aliphatic heterocycles. The lowest BCUT2D eigenvalue weighted by atomic mass is 10.1. The molecule has 0 radical (unpaired) electrons. The van der Waals surface area contributed by atoms with Gasteiger partial charge in [0.1, 0.15) is 5.75 Å². The van der Waals surface area contributed by atoms with Crippen molar-refractivity contribution in [1.29, 1.82) is 0 Å². The van der Waals surface area contributed by atoms with E-state index in [-0.39, 0.29) is 0 Å². The third-order valence-electron chi connectivity index (χ3n) is 3.69. The Balaban J connectivity index is 2.13. The molecule has 0 aromatic heterocycles. The molecular formula is C17H24N2O2. The molecule has 1 aromatic rings. The highest BCUT2D eigenvalue weighted by molar-refractivity contribution is 5.44. The van der Waals surface area contributed by atoms with Crippen molar-refractivity contribution in [2.45, 2.75) is 26.0 Å². The van der Waals surface area contributed by atoms with Gasteiger partial charge in [-0.2, -0.15) is 0 Å². The van der Waals surface area contributed by atoms with E-state index >= 15 is 0 Å². The standard InChI is InChI=1S/C17H24N2O2/c1-3-16-13-19(9-10-21-16)12-15-11-14(5-4-8-18)6-7-17(15)20-2/h6-7,11,16H,3,8-10,12-13,18H2,1-2H3. The molecular weight excluding hydrogens is 264 g/mol. The highest BCUT2D eigenvalue weighted by atomic mass is 16.5.